The number of nitrogens with zero attached hydrogens (tertiary/aromatic N) is 1. The van der Waals surface area contributed by atoms with Crippen molar-refractivity contribution in [1.29, 1.82) is 0 Å². The van der Waals surface area contributed by atoms with Crippen molar-refractivity contribution in [3.05, 3.63) is 34.2 Å². The van der Waals surface area contributed by atoms with Gasteiger partial charge in [-0.3, -0.25) is 9.80 Å². The lowest BCUT2D eigenvalue weighted by Gasteiger charge is -2.16. The number of hydrogen-bond acceptors (Lipinski definition) is 3. The highest BCUT2D eigenvalue weighted by Crippen LogP contribution is 2.19. The minimum Gasteiger partial charge on any atom is -0.306 e. The Morgan fingerprint density at radius 1 is 1.35 bits per heavy atom. The van der Waals surface area contributed by atoms with Crippen LogP contribution in [0.25, 0.3) is 11.0 Å². The van der Waals surface area contributed by atoms with Gasteiger partial charge in [0.15, 0.2) is 0 Å². The molecular weight excluding hydrogens is 220 g/mol. The van der Waals surface area contributed by atoms with Gasteiger partial charge in [-0.2, -0.15) is 0 Å². The van der Waals surface area contributed by atoms with E-state index in [2.05, 4.69) is 9.97 Å². The van der Waals surface area contributed by atoms with Gasteiger partial charge in [0, 0.05) is 7.05 Å². The van der Waals surface area contributed by atoms with Crippen molar-refractivity contribution in [2.45, 2.75) is 12.8 Å². The molecule has 0 radical (unpaired) electrons. The second kappa shape index (κ2) is 4.06. The Hall–Kier alpha value is -2.08. The number of aromatic amines is 2. The molecule has 0 spiro atoms. The number of likely N-dealkylation sites (N-methyl/N-ethyl adjacent to an activating group) is 1. The van der Waals surface area contributed by atoms with Gasteiger partial charge in [-0.05, 0) is 24.6 Å². The molecule has 0 saturated heterocycles. The fourth-order valence-electron chi connectivity index (χ4n) is 1.77. The first-order valence-corrected chi connectivity index (χ1v) is 5.23. The van der Waals surface area contributed by atoms with Crippen molar-refractivity contribution in [3.8, 4) is 0 Å². The Morgan fingerprint density at radius 2 is 2.00 bits per heavy atom. The van der Waals surface area contributed by atoms with Gasteiger partial charge < -0.3 is 9.97 Å². The summed E-state index contributed by atoms with van der Waals surface area (Å²) in [7, 11) is 1.51. The van der Waals surface area contributed by atoms with Crippen molar-refractivity contribution in [2.75, 3.05) is 7.05 Å². The number of nitrogens with two attached hydrogens (primary N) is 1. The molecule has 90 valence electrons. The summed E-state index contributed by atoms with van der Waals surface area (Å²) in [5.41, 5.74) is 1.97. The zero-order valence-electron chi connectivity index (χ0n) is 9.65. The summed E-state index contributed by atoms with van der Waals surface area (Å²) < 4.78 is 0. The van der Waals surface area contributed by atoms with Crippen molar-refractivity contribution in [3.63, 3.8) is 0 Å². The number of hydrazine groups is 1. The van der Waals surface area contributed by atoms with Gasteiger partial charge in [0.25, 0.3) is 0 Å². The number of benzene rings is 1. The van der Waals surface area contributed by atoms with Crippen LogP contribution in [-0.2, 0) is 4.79 Å². The molecule has 6 nitrogen and oxygen atoms in total. The van der Waals surface area contributed by atoms with Crippen LogP contribution >= 0.6 is 0 Å². The lowest BCUT2D eigenvalue weighted by atomic mass is 10.00. The zero-order chi connectivity index (χ0) is 12.6. The fourth-order valence-corrected chi connectivity index (χ4v) is 1.77. The molecule has 1 heterocycles. The third-order valence-electron chi connectivity index (χ3n) is 2.76. The molecule has 2 rings (SSSR count). The summed E-state index contributed by atoms with van der Waals surface area (Å²) in [6.45, 7) is 1.78. The average molecular weight is 234 g/mol. The van der Waals surface area contributed by atoms with Gasteiger partial charge in [0.2, 0.25) is 5.91 Å². The summed E-state index contributed by atoms with van der Waals surface area (Å²) in [4.78, 5) is 28.1. The van der Waals surface area contributed by atoms with Crippen LogP contribution in [0, 0.1) is 0 Å². The van der Waals surface area contributed by atoms with Crippen LogP contribution in [0.2, 0.25) is 0 Å². The van der Waals surface area contributed by atoms with E-state index in [4.69, 9.17) is 5.84 Å². The van der Waals surface area contributed by atoms with Crippen LogP contribution < -0.4 is 11.5 Å². The van der Waals surface area contributed by atoms with Crippen LogP contribution in [-0.4, -0.2) is 27.9 Å². The van der Waals surface area contributed by atoms with E-state index >= 15 is 0 Å². The van der Waals surface area contributed by atoms with E-state index in [0.717, 1.165) is 16.1 Å². The van der Waals surface area contributed by atoms with Crippen molar-refractivity contribution in [2.24, 2.45) is 5.84 Å². The van der Waals surface area contributed by atoms with Gasteiger partial charge in [-0.25, -0.2) is 10.6 Å². The minimum atomic E-state index is -0.340. The second-order valence-electron chi connectivity index (χ2n) is 4.05. The Morgan fingerprint density at radius 3 is 2.65 bits per heavy atom. The summed E-state index contributed by atoms with van der Waals surface area (Å²) in [5.74, 6) is 4.89. The predicted molar refractivity (Wildman–Crippen MR) is 64.3 cm³/mol. The SMILES string of the molecule is CC(C(=O)N(C)N)c1ccc2[nH]c(=O)[nH]c2c1. The number of H-pyrrole nitrogens is 2. The third kappa shape index (κ3) is 2.07. The molecule has 1 unspecified atom stereocenters. The van der Waals surface area contributed by atoms with Crippen molar-refractivity contribution < 1.29 is 4.79 Å². The number of imidazole rings is 1. The van der Waals surface area contributed by atoms with Gasteiger partial charge in [-0.1, -0.05) is 6.07 Å². The van der Waals surface area contributed by atoms with E-state index in [9.17, 15) is 9.59 Å². The summed E-state index contributed by atoms with van der Waals surface area (Å²) >= 11 is 0. The third-order valence-corrected chi connectivity index (χ3v) is 2.76. The maximum atomic E-state index is 11.7. The summed E-state index contributed by atoms with van der Waals surface area (Å²) in [5, 5.41) is 1.06. The number of hydrogen-bond donors (Lipinski definition) is 3. The first-order chi connectivity index (χ1) is 7.99. The van der Waals surface area contributed by atoms with Gasteiger partial charge in [0.05, 0.1) is 17.0 Å². The molecule has 2 aromatic rings. The molecule has 17 heavy (non-hydrogen) atoms. The molecular formula is C11H14N4O2. The molecule has 1 aromatic heterocycles. The number of carbonyl (C=O) groups excluding carboxylic acids is 1. The first kappa shape index (κ1) is 11.4. The average Bonchev–Trinajstić information content (AvgIpc) is 2.65. The topological polar surface area (TPSA) is 95.0 Å². The maximum Gasteiger partial charge on any atom is 0.323 e. The number of aromatic nitrogens is 2. The largest absolute Gasteiger partial charge is 0.323 e. The molecule has 1 aromatic carbocycles. The highest BCUT2D eigenvalue weighted by atomic mass is 16.2. The number of fused-ring (bicyclic) bond motifs is 1. The lowest BCUT2D eigenvalue weighted by Crippen LogP contribution is -2.36. The van der Waals surface area contributed by atoms with E-state index in [1.54, 1.807) is 25.1 Å². The Labute approximate surface area is 97.4 Å². The molecule has 4 N–H and O–H groups in total. The molecule has 1 amide bonds. The van der Waals surface area contributed by atoms with Crippen molar-refractivity contribution in [1.82, 2.24) is 15.0 Å². The van der Waals surface area contributed by atoms with E-state index in [1.807, 2.05) is 0 Å². The predicted octanol–water partition coefficient (Wildman–Crippen LogP) is 0.292. The number of nitrogens with one attached hydrogen (secondary N) is 2. The molecule has 0 aliphatic carbocycles. The van der Waals surface area contributed by atoms with E-state index in [-0.39, 0.29) is 17.5 Å². The van der Waals surface area contributed by atoms with Gasteiger partial charge in [0.1, 0.15) is 0 Å². The molecule has 0 saturated carbocycles. The van der Waals surface area contributed by atoms with E-state index in [1.165, 1.54) is 7.05 Å². The first-order valence-electron chi connectivity index (χ1n) is 5.23. The van der Waals surface area contributed by atoms with Crippen LogP contribution in [0.15, 0.2) is 23.0 Å². The normalized spacial score (nSPS) is 12.6. The molecule has 0 fully saturated rings. The lowest BCUT2D eigenvalue weighted by molar-refractivity contribution is -0.131. The number of rotatable bonds is 2. The highest BCUT2D eigenvalue weighted by molar-refractivity contribution is 5.84. The molecule has 0 aliphatic heterocycles. The molecule has 6 heteroatoms. The second-order valence-corrected chi connectivity index (χ2v) is 4.05. The number of amides is 1. The van der Waals surface area contributed by atoms with Crippen molar-refractivity contribution >= 4 is 16.9 Å². The van der Waals surface area contributed by atoms with Crippen LogP contribution in [0.1, 0.15) is 18.4 Å². The molecule has 0 bridgehead atoms. The van der Waals surface area contributed by atoms with Crippen LogP contribution in [0.3, 0.4) is 0 Å². The smallest absolute Gasteiger partial charge is 0.306 e. The summed E-state index contributed by atoms with van der Waals surface area (Å²) in [6, 6.07) is 5.35. The minimum absolute atomic E-state index is 0.178. The monoisotopic (exact) mass is 234 g/mol. The molecule has 1 atom stereocenters. The molecule has 0 aliphatic rings. The Kier molecular flexibility index (Phi) is 2.72. The Balaban J connectivity index is 2.42. The summed E-state index contributed by atoms with van der Waals surface area (Å²) in [6.07, 6.45) is 0. The van der Waals surface area contributed by atoms with Gasteiger partial charge in [-0.15, -0.1) is 0 Å². The van der Waals surface area contributed by atoms with Gasteiger partial charge >= 0.3 is 5.69 Å². The Bertz CT molecular complexity index is 611. The van der Waals surface area contributed by atoms with E-state index < -0.39 is 0 Å². The van der Waals surface area contributed by atoms with E-state index in [0.29, 0.717) is 5.52 Å². The van der Waals surface area contributed by atoms with Crippen LogP contribution in [0.5, 0.6) is 0 Å². The van der Waals surface area contributed by atoms with Crippen LogP contribution in [0.4, 0.5) is 0 Å². The quantitative estimate of drug-likeness (QED) is 0.396. The fraction of sp³-hybridized carbons (Fsp3) is 0.273. The standard InChI is InChI=1S/C11H14N4O2/c1-6(10(16)15(2)12)7-3-4-8-9(5-7)14-11(17)13-8/h3-6H,12H2,1-2H3,(H2,13,14,17). The zero-order valence-corrected chi connectivity index (χ0v) is 9.65. The highest BCUT2D eigenvalue weighted by Gasteiger charge is 2.17. The maximum absolute atomic E-state index is 11.7. The number of carbonyl (C=O) groups is 1.